The minimum absolute atomic E-state index is 0. The first-order chi connectivity index (χ1) is 20.7. The molecule has 0 saturated carbocycles. The van der Waals surface area contributed by atoms with Gasteiger partial charge in [0, 0.05) is 33.3 Å². The molecule has 0 radical (unpaired) electrons. The molecule has 0 saturated heterocycles. The molecule has 0 fully saturated rings. The second-order valence-corrected chi connectivity index (χ2v) is 10.0. The maximum Gasteiger partial charge on any atom is 1.00 e. The largest absolute Gasteiger partial charge is 1.00 e. The van der Waals surface area contributed by atoms with E-state index >= 15 is 0 Å². The van der Waals surface area contributed by atoms with Gasteiger partial charge < -0.3 is 27.5 Å². The topological polar surface area (TPSA) is 150 Å². The Kier molecular flexibility index (Phi) is 33.5. The van der Waals surface area contributed by atoms with Crippen LogP contribution >= 0.6 is 39.1 Å². The number of anilines is 1. The van der Waals surface area contributed by atoms with Crippen molar-refractivity contribution < 1.29 is 139 Å². The monoisotopic (exact) mass is 785 g/mol. The first-order valence-electron chi connectivity index (χ1n) is 12.7. The van der Waals surface area contributed by atoms with Crippen LogP contribution in [-0.2, 0) is 29.3 Å². The quantitative estimate of drug-likeness (QED) is 0.0423. The van der Waals surface area contributed by atoms with Gasteiger partial charge in [-0.3, -0.25) is 14.4 Å². The van der Waals surface area contributed by atoms with Crippen LogP contribution in [0.5, 0.6) is 0 Å². The molecule has 4 N–H and O–H groups in total. The van der Waals surface area contributed by atoms with Crippen molar-refractivity contribution in [3.63, 3.8) is 0 Å². The molecule has 46 heavy (non-hydrogen) atoms. The third kappa shape index (κ3) is 22.4. The summed E-state index contributed by atoms with van der Waals surface area (Å²) in [4.78, 5) is 34.3. The first-order valence-corrected chi connectivity index (χ1v) is 14.5. The number of rotatable bonds is 9. The fourth-order valence-corrected chi connectivity index (χ4v) is 3.90. The minimum atomic E-state index is -0.181. The number of aliphatic hydroxyl groups excluding tert-OH is 2. The van der Waals surface area contributed by atoms with E-state index in [1.807, 2.05) is 36.4 Å². The molecule has 0 amide bonds. The number of carbonyl (C=O) groups excluding carboxylic acids is 3. The average Bonchev–Trinajstić information content (AvgIpc) is 3.04. The predicted octanol–water partition coefficient (Wildman–Crippen LogP) is 0.518. The van der Waals surface area contributed by atoms with Crippen LogP contribution in [0.3, 0.4) is 0 Å². The van der Waals surface area contributed by atoms with E-state index in [9.17, 15) is 9.59 Å². The van der Waals surface area contributed by atoms with Gasteiger partial charge in [0.15, 0.2) is 11.6 Å². The second-order valence-electron chi connectivity index (χ2n) is 8.57. The van der Waals surface area contributed by atoms with E-state index < -0.39 is 0 Å². The van der Waals surface area contributed by atoms with E-state index in [2.05, 4.69) is 20.8 Å². The summed E-state index contributed by atoms with van der Waals surface area (Å²) < 4.78 is 0. The van der Waals surface area contributed by atoms with Crippen LogP contribution in [-0.4, -0.2) is 33.6 Å². The molecule has 0 heterocycles. The summed E-state index contributed by atoms with van der Waals surface area (Å²) in [6.45, 7) is -0.0932. The number of aliphatic hydroxyl groups is 2. The summed E-state index contributed by atoms with van der Waals surface area (Å²) in [7, 11) is 0. The second kappa shape index (κ2) is 30.7. The van der Waals surface area contributed by atoms with Crippen LogP contribution in [0.25, 0.3) is 0 Å². The number of carbonyl (C=O) groups is 3. The standard InChI is InChI=1S/C16H15ClO2.C8H6BrClO.C7H9NO.CH2O3.CH4.2K.H/c17-15-7-5-14(6-8-15)16(19)9-4-12-2-1-3-13(10-12)11-18;9-5-8(11)6-1-3-7(10)4-2-6;8-7-3-1-2-6(4-7)5-9;2-1-4-3;;;;/h1-3,5-8,10,18H,4,9,11H2;1-4H,5H2;1-4,9H,5,8H2;1,3H;1H4;;;/q;;;;;2*+1;-1/p-1. The van der Waals surface area contributed by atoms with E-state index in [1.54, 1.807) is 60.7 Å². The average molecular weight is 788 g/mol. The molecule has 0 aliphatic carbocycles. The fraction of sp³-hybridized carbons (Fsp3) is 0.182. The van der Waals surface area contributed by atoms with Crippen LogP contribution in [0.15, 0.2) is 97.1 Å². The van der Waals surface area contributed by atoms with Gasteiger partial charge in [-0.25, -0.2) is 0 Å². The number of alkyl halides is 1. The Morgan fingerprint density at radius 2 is 1.20 bits per heavy atom. The number of halogens is 3. The van der Waals surface area contributed by atoms with E-state index in [0.717, 1.165) is 16.7 Å². The van der Waals surface area contributed by atoms with E-state index in [1.165, 1.54) is 0 Å². The summed E-state index contributed by atoms with van der Waals surface area (Å²) in [5, 5.41) is 27.7. The van der Waals surface area contributed by atoms with Crippen molar-refractivity contribution in [1.82, 2.24) is 0 Å². The van der Waals surface area contributed by atoms with Crippen LogP contribution in [0.2, 0.25) is 10.0 Å². The molecular formula is C33H36BrCl2K2NO7. The van der Waals surface area contributed by atoms with Crippen LogP contribution in [0, 0.1) is 0 Å². The number of benzene rings is 4. The zero-order valence-corrected chi connectivity index (χ0v) is 34.3. The Morgan fingerprint density at radius 3 is 1.59 bits per heavy atom. The zero-order valence-electron chi connectivity index (χ0n) is 26.0. The van der Waals surface area contributed by atoms with Crippen molar-refractivity contribution in [2.75, 3.05) is 11.1 Å². The molecule has 0 aromatic heterocycles. The number of Topliss-reactive ketones (excluding diaryl/α,β-unsaturated/α-hetero) is 2. The molecule has 0 bridgehead atoms. The Bertz CT molecular complexity index is 1420. The molecule has 0 spiro atoms. The molecule has 4 aromatic rings. The molecule has 238 valence electrons. The SMILES string of the molecule is C.Nc1cccc(CO)c1.O=C(CBr)c1ccc(Cl)cc1.O=C(CCc1cccc(CO)c1)c1ccc(Cl)cc1.O=CO[O-].[H-].[K+].[K+]. The van der Waals surface area contributed by atoms with Crippen LogP contribution < -0.4 is 114 Å². The Balaban J connectivity index is -0.000000285. The van der Waals surface area contributed by atoms with Crippen molar-refractivity contribution in [2.24, 2.45) is 0 Å². The maximum atomic E-state index is 12.0. The number of ketones is 2. The number of nitrogen functional groups attached to an aromatic ring is 1. The zero-order chi connectivity index (χ0) is 32.0. The fourth-order valence-electron chi connectivity index (χ4n) is 3.33. The maximum absolute atomic E-state index is 12.0. The normalized spacial score (nSPS) is 8.91. The summed E-state index contributed by atoms with van der Waals surface area (Å²) in [5.41, 5.74) is 10.3. The van der Waals surface area contributed by atoms with Gasteiger partial charge in [-0.15, -0.1) is 0 Å². The van der Waals surface area contributed by atoms with Crippen molar-refractivity contribution >= 4 is 62.9 Å². The Morgan fingerprint density at radius 1 is 0.783 bits per heavy atom. The summed E-state index contributed by atoms with van der Waals surface area (Å²) in [5.74, 6) is 0.174. The summed E-state index contributed by atoms with van der Waals surface area (Å²) >= 11 is 14.5. The molecule has 13 heteroatoms. The number of aryl methyl sites for hydroxylation is 1. The van der Waals surface area contributed by atoms with Gasteiger partial charge in [0.2, 0.25) is 0 Å². The van der Waals surface area contributed by atoms with E-state index in [4.69, 9.17) is 49.2 Å². The summed E-state index contributed by atoms with van der Waals surface area (Å²) in [6, 6.07) is 28.6. The minimum Gasteiger partial charge on any atom is -1.00 e. The molecule has 8 nitrogen and oxygen atoms in total. The first kappa shape index (κ1) is 50.1. The van der Waals surface area contributed by atoms with Gasteiger partial charge in [-0.2, -0.15) is 0 Å². The number of nitrogens with two attached hydrogens (primary N) is 1. The number of hydrogen-bond acceptors (Lipinski definition) is 8. The van der Waals surface area contributed by atoms with Crippen molar-refractivity contribution in [2.45, 2.75) is 33.5 Å². The molecule has 4 rings (SSSR count). The van der Waals surface area contributed by atoms with Crippen molar-refractivity contribution in [3.8, 4) is 0 Å². The van der Waals surface area contributed by atoms with Gasteiger partial charge in [-0.05, 0) is 83.8 Å². The predicted molar refractivity (Wildman–Crippen MR) is 178 cm³/mol. The molecule has 0 unspecified atom stereocenters. The Hall–Kier alpha value is -0.297. The van der Waals surface area contributed by atoms with E-state index in [0.29, 0.717) is 45.0 Å². The molecule has 0 aliphatic rings. The van der Waals surface area contributed by atoms with E-state index in [-0.39, 0.29) is 143 Å². The van der Waals surface area contributed by atoms with Gasteiger partial charge >= 0.3 is 103 Å². The summed E-state index contributed by atoms with van der Waals surface area (Å²) in [6.07, 6.45) is 1.13. The third-order valence-electron chi connectivity index (χ3n) is 5.44. The van der Waals surface area contributed by atoms with Gasteiger partial charge in [-0.1, -0.05) is 83.0 Å². The van der Waals surface area contributed by atoms with Crippen molar-refractivity contribution in [3.05, 3.63) is 135 Å². The van der Waals surface area contributed by atoms with Gasteiger partial charge in [0.05, 0.1) is 18.5 Å². The van der Waals surface area contributed by atoms with Crippen LogP contribution in [0.1, 0.15) is 52.7 Å². The smallest absolute Gasteiger partial charge is 1.00 e. The number of hydrogen-bond donors (Lipinski definition) is 3. The van der Waals surface area contributed by atoms with Crippen molar-refractivity contribution in [1.29, 1.82) is 0 Å². The molecule has 0 atom stereocenters. The molecule has 4 aromatic carbocycles. The third-order valence-corrected chi connectivity index (χ3v) is 6.45. The van der Waals surface area contributed by atoms with Gasteiger partial charge in [0.25, 0.3) is 6.47 Å². The van der Waals surface area contributed by atoms with Crippen LogP contribution in [0.4, 0.5) is 5.69 Å². The van der Waals surface area contributed by atoms with Gasteiger partial charge in [0.1, 0.15) is 0 Å². The Labute approximate surface area is 375 Å². The molecule has 0 aliphatic heterocycles. The molecular weight excluding hydrogens is 751 g/mol.